The van der Waals surface area contributed by atoms with Gasteiger partial charge in [0, 0.05) is 42.9 Å². The number of rotatable bonds is 8. The molecule has 2 amide bonds. The zero-order valence-electron chi connectivity index (χ0n) is 18.8. The van der Waals surface area contributed by atoms with Gasteiger partial charge in [0.15, 0.2) is 6.39 Å². The lowest BCUT2D eigenvalue weighted by Crippen LogP contribution is -2.38. The summed E-state index contributed by atoms with van der Waals surface area (Å²) in [7, 11) is 0. The fraction of sp³-hybridized carbons (Fsp3) is 0.500. The summed E-state index contributed by atoms with van der Waals surface area (Å²) in [5.74, 6) is 1.05. The van der Waals surface area contributed by atoms with Crippen LogP contribution in [0.25, 0.3) is 10.9 Å². The van der Waals surface area contributed by atoms with Crippen LogP contribution in [-0.4, -0.2) is 51.3 Å². The van der Waals surface area contributed by atoms with Crippen molar-refractivity contribution in [1.29, 1.82) is 0 Å². The average Bonchev–Trinajstić information content (AvgIpc) is 3.46. The van der Waals surface area contributed by atoms with Gasteiger partial charge in [-0.3, -0.25) is 14.6 Å². The van der Waals surface area contributed by atoms with Crippen LogP contribution in [0, 0.1) is 5.92 Å². The molecule has 8 heteroatoms. The highest BCUT2D eigenvalue weighted by Crippen LogP contribution is 2.25. The summed E-state index contributed by atoms with van der Waals surface area (Å²) in [5.41, 5.74) is 2.22. The van der Waals surface area contributed by atoms with Gasteiger partial charge in [-0.25, -0.2) is 4.98 Å². The molecule has 0 saturated carbocycles. The highest BCUT2D eigenvalue weighted by Gasteiger charge is 2.28. The Balaban J connectivity index is 1.14. The number of hydrogen-bond acceptors (Lipinski definition) is 5. The van der Waals surface area contributed by atoms with Gasteiger partial charge in [-0.2, -0.15) is 0 Å². The Morgan fingerprint density at radius 1 is 1.28 bits per heavy atom. The molecule has 1 saturated heterocycles. The van der Waals surface area contributed by atoms with Crippen molar-refractivity contribution in [3.63, 3.8) is 0 Å². The largest absolute Gasteiger partial charge is 0.438 e. The molecule has 0 spiro atoms. The summed E-state index contributed by atoms with van der Waals surface area (Å²) in [4.78, 5) is 38.4. The standard InChI is InChI=1S/C24H31N5O3/c1-16(2)21-22(32-15-27-21)24(31)29-11-7-17(8-12-29)5-3-4-9-26-23(30)20-13-18-14-25-10-6-19(18)28-20/h6,10,13-17,28H,3-5,7-9,11-12H2,1-2H3,(H,26,30). The van der Waals surface area contributed by atoms with Gasteiger partial charge in [0.25, 0.3) is 11.8 Å². The van der Waals surface area contributed by atoms with Crippen LogP contribution in [-0.2, 0) is 0 Å². The summed E-state index contributed by atoms with van der Waals surface area (Å²) in [5, 5.41) is 3.93. The molecule has 1 aliphatic heterocycles. The molecule has 0 aliphatic carbocycles. The van der Waals surface area contributed by atoms with E-state index in [0.29, 0.717) is 23.9 Å². The Labute approximate surface area is 187 Å². The number of pyridine rings is 1. The van der Waals surface area contributed by atoms with Crippen LogP contribution in [0.3, 0.4) is 0 Å². The predicted molar refractivity (Wildman–Crippen MR) is 121 cm³/mol. The molecule has 4 heterocycles. The molecule has 0 unspecified atom stereocenters. The second-order valence-corrected chi connectivity index (χ2v) is 8.85. The summed E-state index contributed by atoms with van der Waals surface area (Å²) >= 11 is 0. The predicted octanol–water partition coefficient (Wildman–Crippen LogP) is 4.13. The normalized spacial score (nSPS) is 14.9. The van der Waals surface area contributed by atoms with Gasteiger partial charge in [0.2, 0.25) is 5.76 Å². The number of likely N-dealkylation sites (tertiary alicyclic amines) is 1. The number of oxazole rings is 1. The summed E-state index contributed by atoms with van der Waals surface area (Å²) in [6.07, 6.45) is 9.96. The molecule has 1 fully saturated rings. The molecule has 32 heavy (non-hydrogen) atoms. The van der Waals surface area contributed by atoms with E-state index in [0.717, 1.165) is 61.8 Å². The first-order valence-electron chi connectivity index (χ1n) is 11.5. The molecule has 1 aliphatic rings. The van der Waals surface area contributed by atoms with E-state index in [-0.39, 0.29) is 17.7 Å². The molecule has 0 radical (unpaired) electrons. The summed E-state index contributed by atoms with van der Waals surface area (Å²) < 4.78 is 5.39. The van der Waals surface area contributed by atoms with E-state index in [2.05, 4.69) is 20.3 Å². The van der Waals surface area contributed by atoms with Gasteiger partial charge < -0.3 is 19.6 Å². The number of unbranched alkanes of at least 4 members (excludes halogenated alkanes) is 1. The van der Waals surface area contributed by atoms with E-state index in [1.807, 2.05) is 30.9 Å². The lowest BCUT2D eigenvalue weighted by molar-refractivity contribution is 0.0651. The van der Waals surface area contributed by atoms with Crippen molar-refractivity contribution in [2.24, 2.45) is 5.92 Å². The molecule has 0 bridgehead atoms. The zero-order chi connectivity index (χ0) is 22.5. The molecule has 0 aromatic carbocycles. The van der Waals surface area contributed by atoms with Crippen LogP contribution < -0.4 is 5.32 Å². The molecule has 2 N–H and O–H groups in total. The first kappa shape index (κ1) is 22.0. The SMILES string of the molecule is CC(C)c1ncoc1C(=O)N1CCC(CCCCNC(=O)c2cc3cnccc3[nH]2)CC1. The second-order valence-electron chi connectivity index (χ2n) is 8.85. The Morgan fingerprint density at radius 3 is 2.84 bits per heavy atom. The number of fused-ring (bicyclic) bond motifs is 1. The molecule has 170 valence electrons. The third-order valence-corrected chi connectivity index (χ3v) is 6.23. The van der Waals surface area contributed by atoms with E-state index in [1.54, 1.807) is 12.4 Å². The Kier molecular flexibility index (Phi) is 6.87. The number of piperidine rings is 1. The van der Waals surface area contributed by atoms with E-state index >= 15 is 0 Å². The van der Waals surface area contributed by atoms with Crippen molar-refractivity contribution >= 4 is 22.7 Å². The van der Waals surface area contributed by atoms with E-state index in [4.69, 9.17) is 4.42 Å². The minimum atomic E-state index is -0.0822. The maximum Gasteiger partial charge on any atom is 0.291 e. The minimum absolute atomic E-state index is 0.0416. The maximum atomic E-state index is 12.8. The van der Waals surface area contributed by atoms with Gasteiger partial charge in [0.05, 0.1) is 5.69 Å². The number of aromatic nitrogens is 3. The molecule has 3 aromatic rings. The van der Waals surface area contributed by atoms with Crippen molar-refractivity contribution in [2.45, 2.75) is 51.9 Å². The van der Waals surface area contributed by atoms with Gasteiger partial charge in [0.1, 0.15) is 5.69 Å². The highest BCUT2D eigenvalue weighted by molar-refractivity contribution is 5.97. The zero-order valence-corrected chi connectivity index (χ0v) is 18.8. The number of carbonyl (C=O) groups is 2. The number of hydrogen-bond donors (Lipinski definition) is 2. The topological polar surface area (TPSA) is 104 Å². The van der Waals surface area contributed by atoms with Crippen molar-refractivity contribution < 1.29 is 14.0 Å². The molecular formula is C24H31N5O3. The number of nitrogens with zero attached hydrogens (tertiary/aromatic N) is 3. The first-order chi connectivity index (χ1) is 15.5. The number of amides is 2. The number of carbonyl (C=O) groups excluding carboxylic acids is 2. The third-order valence-electron chi connectivity index (χ3n) is 6.23. The van der Waals surface area contributed by atoms with Gasteiger partial charge in [-0.15, -0.1) is 0 Å². The van der Waals surface area contributed by atoms with Crippen molar-refractivity contribution in [3.05, 3.63) is 48.1 Å². The lowest BCUT2D eigenvalue weighted by atomic mass is 9.91. The Bertz CT molecular complexity index is 1030. The maximum absolute atomic E-state index is 12.8. The second kappa shape index (κ2) is 9.97. The monoisotopic (exact) mass is 437 g/mol. The summed E-state index contributed by atoms with van der Waals surface area (Å²) in [6, 6.07) is 3.69. The fourth-order valence-corrected chi connectivity index (χ4v) is 4.34. The first-order valence-corrected chi connectivity index (χ1v) is 11.5. The van der Waals surface area contributed by atoms with Gasteiger partial charge in [-0.05, 0) is 43.2 Å². The quantitative estimate of drug-likeness (QED) is 0.516. The molecular weight excluding hydrogens is 406 g/mol. The van der Waals surface area contributed by atoms with Crippen molar-refractivity contribution in [2.75, 3.05) is 19.6 Å². The van der Waals surface area contributed by atoms with Crippen LogP contribution >= 0.6 is 0 Å². The molecule has 8 nitrogen and oxygen atoms in total. The average molecular weight is 438 g/mol. The van der Waals surface area contributed by atoms with Crippen molar-refractivity contribution in [1.82, 2.24) is 25.2 Å². The molecule has 3 aromatic heterocycles. The fourth-order valence-electron chi connectivity index (χ4n) is 4.34. The smallest absolute Gasteiger partial charge is 0.291 e. The van der Waals surface area contributed by atoms with Gasteiger partial charge in [-0.1, -0.05) is 26.7 Å². The molecule has 4 rings (SSSR count). The Morgan fingerprint density at radius 2 is 2.09 bits per heavy atom. The highest BCUT2D eigenvalue weighted by atomic mass is 16.3. The van der Waals surface area contributed by atoms with Crippen LogP contribution in [0.5, 0.6) is 0 Å². The van der Waals surface area contributed by atoms with Crippen LogP contribution in [0.15, 0.2) is 35.3 Å². The summed E-state index contributed by atoms with van der Waals surface area (Å²) in [6.45, 7) is 6.20. The Hall–Kier alpha value is -3.16. The van der Waals surface area contributed by atoms with Crippen molar-refractivity contribution in [3.8, 4) is 0 Å². The number of aromatic amines is 1. The van der Waals surface area contributed by atoms with E-state index < -0.39 is 0 Å². The van der Waals surface area contributed by atoms with Crippen LogP contribution in [0.1, 0.15) is 78.6 Å². The molecule has 0 atom stereocenters. The van der Waals surface area contributed by atoms with Crippen LogP contribution in [0.4, 0.5) is 0 Å². The third kappa shape index (κ3) is 5.00. The van der Waals surface area contributed by atoms with Crippen LogP contribution in [0.2, 0.25) is 0 Å². The number of nitrogens with one attached hydrogen (secondary N) is 2. The van der Waals surface area contributed by atoms with Gasteiger partial charge >= 0.3 is 0 Å². The van der Waals surface area contributed by atoms with E-state index in [9.17, 15) is 9.59 Å². The number of H-pyrrole nitrogens is 1. The van der Waals surface area contributed by atoms with E-state index in [1.165, 1.54) is 6.39 Å². The lowest BCUT2D eigenvalue weighted by Gasteiger charge is -2.31. The minimum Gasteiger partial charge on any atom is -0.438 e.